The molecule has 0 radical (unpaired) electrons. The molecule has 1 heterocycles. The van der Waals surface area contributed by atoms with Crippen molar-refractivity contribution in [3.63, 3.8) is 0 Å². The maximum atomic E-state index is 12.2. The number of carbonyl (C=O) groups excluding carboxylic acids is 1. The van der Waals surface area contributed by atoms with E-state index in [9.17, 15) is 23.1 Å². The maximum Gasteiger partial charge on any atom is 0.326 e. The second kappa shape index (κ2) is 7.65. The second-order valence-corrected chi connectivity index (χ2v) is 7.79. The number of carboxylic acids is 1. The number of carboxylic acid groups (broad SMARTS) is 1. The minimum absolute atomic E-state index is 0.0810. The summed E-state index contributed by atoms with van der Waals surface area (Å²) in [4.78, 5) is 25.0. The molecular formula is C16H21NO6S. The lowest BCUT2D eigenvalue weighted by Gasteiger charge is -2.33. The molecule has 0 bridgehead atoms. The number of benzene rings is 1. The molecule has 0 saturated carbocycles. The fourth-order valence-electron chi connectivity index (χ4n) is 2.67. The van der Waals surface area contributed by atoms with Crippen LogP contribution >= 0.6 is 0 Å². The molecule has 1 aromatic carbocycles. The Hall–Kier alpha value is -2.09. The average Bonchev–Trinajstić information content (AvgIpc) is 2.54. The van der Waals surface area contributed by atoms with Gasteiger partial charge in [0.05, 0.1) is 17.9 Å². The summed E-state index contributed by atoms with van der Waals surface area (Å²) in [5.41, 5.74) is 0. The summed E-state index contributed by atoms with van der Waals surface area (Å²) in [6, 6.07) is 5.19. The molecule has 8 heteroatoms. The van der Waals surface area contributed by atoms with Gasteiger partial charge in [-0.3, -0.25) is 4.79 Å². The van der Waals surface area contributed by atoms with Gasteiger partial charge >= 0.3 is 5.97 Å². The lowest BCUT2D eigenvalue weighted by Crippen LogP contribution is -2.48. The smallest absolute Gasteiger partial charge is 0.326 e. The van der Waals surface area contributed by atoms with Crippen LogP contribution in [0, 0.1) is 0 Å². The molecule has 1 N–H and O–H groups in total. The highest BCUT2D eigenvalue weighted by Crippen LogP contribution is 2.19. The highest BCUT2D eigenvalue weighted by atomic mass is 32.2. The predicted octanol–water partition coefficient (Wildman–Crippen LogP) is 1.32. The summed E-state index contributed by atoms with van der Waals surface area (Å²) in [6.07, 6.45) is 3.30. The van der Waals surface area contributed by atoms with Gasteiger partial charge in [0.15, 0.2) is 9.84 Å². The molecule has 1 aliphatic heterocycles. The van der Waals surface area contributed by atoms with Crippen LogP contribution in [0.2, 0.25) is 0 Å². The molecular weight excluding hydrogens is 334 g/mol. The number of likely N-dealkylation sites (tertiary alicyclic amines) is 1. The predicted molar refractivity (Wildman–Crippen MR) is 86.7 cm³/mol. The number of amides is 1. The molecule has 1 amide bonds. The topological polar surface area (TPSA) is 101 Å². The van der Waals surface area contributed by atoms with Crippen LogP contribution in [0.4, 0.5) is 0 Å². The van der Waals surface area contributed by atoms with Gasteiger partial charge in [-0.1, -0.05) is 0 Å². The molecule has 0 spiro atoms. The molecule has 132 valence electrons. The zero-order valence-corrected chi connectivity index (χ0v) is 14.3. The molecule has 1 fully saturated rings. The molecule has 7 nitrogen and oxygen atoms in total. The maximum absolute atomic E-state index is 12.2. The molecule has 0 aliphatic carbocycles. The number of hydrogen-bond acceptors (Lipinski definition) is 5. The Morgan fingerprint density at radius 3 is 2.50 bits per heavy atom. The van der Waals surface area contributed by atoms with E-state index in [1.54, 1.807) is 0 Å². The van der Waals surface area contributed by atoms with Crippen LogP contribution in [0.1, 0.15) is 25.7 Å². The van der Waals surface area contributed by atoms with Gasteiger partial charge in [-0.15, -0.1) is 0 Å². The third-order valence-electron chi connectivity index (χ3n) is 3.94. The number of sulfone groups is 1. The fraction of sp³-hybridized carbons (Fsp3) is 0.500. The number of piperidine rings is 1. The Kier molecular flexibility index (Phi) is 5.82. The average molecular weight is 355 g/mol. The van der Waals surface area contributed by atoms with Gasteiger partial charge in [-0.05, 0) is 43.5 Å². The minimum Gasteiger partial charge on any atom is -0.493 e. The zero-order valence-electron chi connectivity index (χ0n) is 13.5. The Morgan fingerprint density at radius 2 is 1.92 bits per heavy atom. The number of nitrogens with zero attached hydrogens (tertiary/aromatic N) is 1. The Morgan fingerprint density at radius 1 is 1.25 bits per heavy atom. The summed E-state index contributed by atoms with van der Waals surface area (Å²) in [5.74, 6) is -0.751. The lowest BCUT2D eigenvalue weighted by atomic mass is 10.0. The summed E-state index contributed by atoms with van der Waals surface area (Å²) in [7, 11) is -3.25. The van der Waals surface area contributed by atoms with Crippen LogP contribution in [0.3, 0.4) is 0 Å². The van der Waals surface area contributed by atoms with Crippen LogP contribution in [0.15, 0.2) is 29.2 Å². The van der Waals surface area contributed by atoms with Gasteiger partial charge in [0.1, 0.15) is 11.8 Å². The number of ether oxygens (including phenoxy) is 1. The van der Waals surface area contributed by atoms with E-state index in [1.165, 1.54) is 29.2 Å². The van der Waals surface area contributed by atoms with Crippen molar-refractivity contribution < 1.29 is 27.9 Å². The third-order valence-corrected chi connectivity index (χ3v) is 5.07. The molecule has 1 saturated heterocycles. The SMILES string of the molecule is CS(=O)(=O)c1ccc(OCCC(=O)N2CCCCC2C(=O)O)cc1. The first kappa shape index (κ1) is 18.3. The standard InChI is InChI=1S/C16H21NO6S/c1-24(21,22)13-7-5-12(6-8-13)23-11-9-15(18)17-10-3-2-4-14(17)16(19)20/h5-8,14H,2-4,9-11H2,1H3,(H,19,20). The van der Waals surface area contributed by atoms with E-state index in [2.05, 4.69) is 0 Å². The number of carbonyl (C=O) groups is 2. The third kappa shape index (κ3) is 4.70. The Labute approximate surface area is 141 Å². The molecule has 2 rings (SSSR count). The molecule has 1 aliphatic rings. The van der Waals surface area contributed by atoms with Crippen LogP contribution in [-0.4, -0.2) is 55.7 Å². The van der Waals surface area contributed by atoms with Crippen LogP contribution in [0.25, 0.3) is 0 Å². The van der Waals surface area contributed by atoms with Crippen molar-refractivity contribution in [2.45, 2.75) is 36.6 Å². The van der Waals surface area contributed by atoms with Crippen molar-refractivity contribution in [3.05, 3.63) is 24.3 Å². The van der Waals surface area contributed by atoms with E-state index < -0.39 is 21.8 Å². The van der Waals surface area contributed by atoms with Crippen molar-refractivity contribution in [2.75, 3.05) is 19.4 Å². The molecule has 1 aromatic rings. The monoisotopic (exact) mass is 355 g/mol. The van der Waals surface area contributed by atoms with Crippen LogP contribution in [-0.2, 0) is 19.4 Å². The number of aliphatic carboxylic acids is 1. The van der Waals surface area contributed by atoms with Gasteiger partial charge in [0.25, 0.3) is 0 Å². The summed E-state index contributed by atoms with van der Waals surface area (Å²) < 4.78 is 28.2. The molecule has 24 heavy (non-hydrogen) atoms. The van der Waals surface area contributed by atoms with E-state index in [0.717, 1.165) is 19.1 Å². The van der Waals surface area contributed by atoms with Crippen LogP contribution < -0.4 is 4.74 Å². The summed E-state index contributed by atoms with van der Waals surface area (Å²) in [5, 5.41) is 9.18. The fourth-order valence-corrected chi connectivity index (χ4v) is 3.30. The van der Waals surface area contributed by atoms with E-state index in [-0.39, 0.29) is 23.8 Å². The van der Waals surface area contributed by atoms with E-state index in [4.69, 9.17) is 4.74 Å². The minimum atomic E-state index is -3.25. The van der Waals surface area contributed by atoms with Crippen LogP contribution in [0.5, 0.6) is 5.75 Å². The second-order valence-electron chi connectivity index (χ2n) is 5.78. The lowest BCUT2D eigenvalue weighted by molar-refractivity contribution is -0.152. The molecule has 1 atom stereocenters. The van der Waals surface area contributed by atoms with Crippen molar-refractivity contribution in [1.82, 2.24) is 4.90 Å². The van der Waals surface area contributed by atoms with E-state index in [1.807, 2.05) is 0 Å². The van der Waals surface area contributed by atoms with Crippen molar-refractivity contribution in [3.8, 4) is 5.75 Å². The largest absolute Gasteiger partial charge is 0.493 e. The van der Waals surface area contributed by atoms with Gasteiger partial charge in [0.2, 0.25) is 5.91 Å². The number of hydrogen-bond donors (Lipinski definition) is 1. The highest BCUT2D eigenvalue weighted by molar-refractivity contribution is 7.90. The Balaban J connectivity index is 1.87. The normalized spacial score (nSPS) is 18.2. The van der Waals surface area contributed by atoms with E-state index in [0.29, 0.717) is 18.7 Å². The van der Waals surface area contributed by atoms with Gasteiger partial charge < -0.3 is 14.7 Å². The number of rotatable bonds is 6. The zero-order chi connectivity index (χ0) is 17.7. The quantitative estimate of drug-likeness (QED) is 0.826. The van der Waals surface area contributed by atoms with Crippen molar-refractivity contribution in [1.29, 1.82) is 0 Å². The summed E-state index contributed by atoms with van der Waals surface area (Å²) >= 11 is 0. The van der Waals surface area contributed by atoms with Gasteiger partial charge in [-0.25, -0.2) is 13.2 Å². The van der Waals surface area contributed by atoms with Crippen molar-refractivity contribution in [2.24, 2.45) is 0 Å². The summed E-state index contributed by atoms with van der Waals surface area (Å²) in [6.45, 7) is 0.568. The van der Waals surface area contributed by atoms with E-state index >= 15 is 0 Å². The first-order valence-corrected chi connectivity index (χ1v) is 9.63. The van der Waals surface area contributed by atoms with Gasteiger partial charge in [-0.2, -0.15) is 0 Å². The Bertz CT molecular complexity index is 698. The first-order valence-electron chi connectivity index (χ1n) is 7.74. The molecule has 0 aromatic heterocycles. The highest BCUT2D eigenvalue weighted by Gasteiger charge is 2.31. The van der Waals surface area contributed by atoms with Gasteiger partial charge in [0, 0.05) is 12.8 Å². The van der Waals surface area contributed by atoms with Crippen molar-refractivity contribution >= 4 is 21.7 Å². The first-order chi connectivity index (χ1) is 11.3. The molecule has 1 unspecified atom stereocenters.